The van der Waals surface area contributed by atoms with Crippen LogP contribution in [0.2, 0.25) is 0 Å². The monoisotopic (exact) mass is 480 g/mol. The summed E-state index contributed by atoms with van der Waals surface area (Å²) in [5.74, 6) is 0.634. The lowest BCUT2D eigenvalue weighted by Gasteiger charge is -2.20. The molecule has 1 aliphatic heterocycles. The van der Waals surface area contributed by atoms with Gasteiger partial charge >= 0.3 is 0 Å². The molecule has 0 bridgehead atoms. The van der Waals surface area contributed by atoms with Crippen molar-refractivity contribution in [1.29, 1.82) is 0 Å². The molecule has 1 saturated heterocycles. The standard InChI is InChI=1S/C28H56N4O2/c1-4-5-17-27(33)18-11-9-7-6-8-10-16-26-25-28(34)30-20-15-24-32(3)22-13-12-21-31(2)23-14-19-29-26/h26,29H,4-25H2,1-3H3,(H,30,34). The number of nitrogens with one attached hydrogen (secondary N) is 2. The average Bonchev–Trinajstić information content (AvgIpc) is 2.82. The lowest BCUT2D eigenvalue weighted by Crippen LogP contribution is -2.37. The van der Waals surface area contributed by atoms with Gasteiger partial charge in [0, 0.05) is 31.8 Å². The number of rotatable bonds is 12. The van der Waals surface area contributed by atoms with Crippen molar-refractivity contribution in [2.24, 2.45) is 0 Å². The molecule has 1 rings (SSSR count). The highest BCUT2D eigenvalue weighted by Crippen LogP contribution is 2.12. The van der Waals surface area contributed by atoms with E-state index >= 15 is 0 Å². The third kappa shape index (κ3) is 18.4. The van der Waals surface area contributed by atoms with E-state index < -0.39 is 0 Å². The van der Waals surface area contributed by atoms with Gasteiger partial charge in [-0.1, -0.05) is 45.4 Å². The van der Waals surface area contributed by atoms with Crippen LogP contribution in [0.5, 0.6) is 0 Å². The maximum Gasteiger partial charge on any atom is 0.221 e. The van der Waals surface area contributed by atoms with Gasteiger partial charge in [0.15, 0.2) is 0 Å². The van der Waals surface area contributed by atoms with Crippen molar-refractivity contribution < 1.29 is 9.59 Å². The van der Waals surface area contributed by atoms with Gasteiger partial charge in [-0.05, 0) is 91.8 Å². The van der Waals surface area contributed by atoms with Crippen LogP contribution in [0, 0.1) is 0 Å². The van der Waals surface area contributed by atoms with Crippen LogP contribution in [0.3, 0.4) is 0 Å². The summed E-state index contributed by atoms with van der Waals surface area (Å²) in [4.78, 5) is 29.1. The topological polar surface area (TPSA) is 64.7 Å². The Labute approximate surface area is 211 Å². The number of carbonyl (C=O) groups is 2. The minimum Gasteiger partial charge on any atom is -0.356 e. The second kappa shape index (κ2) is 21.3. The fourth-order valence-electron chi connectivity index (χ4n) is 4.71. The molecule has 1 aliphatic rings. The van der Waals surface area contributed by atoms with Gasteiger partial charge in [-0.2, -0.15) is 0 Å². The Morgan fingerprint density at radius 3 is 2.03 bits per heavy atom. The number of hydrogen-bond acceptors (Lipinski definition) is 5. The predicted octanol–water partition coefficient (Wildman–Crippen LogP) is 4.77. The van der Waals surface area contributed by atoms with Crippen LogP contribution in [0.1, 0.15) is 110 Å². The quantitative estimate of drug-likeness (QED) is 0.394. The van der Waals surface area contributed by atoms with E-state index in [1.54, 1.807) is 0 Å². The maximum absolute atomic E-state index is 12.5. The van der Waals surface area contributed by atoms with Gasteiger partial charge in [0.2, 0.25) is 5.91 Å². The van der Waals surface area contributed by atoms with Gasteiger partial charge < -0.3 is 20.4 Å². The van der Waals surface area contributed by atoms with Crippen LogP contribution in [0.4, 0.5) is 0 Å². The van der Waals surface area contributed by atoms with E-state index in [0.717, 1.165) is 84.1 Å². The first kappa shape index (κ1) is 31.1. The molecule has 6 nitrogen and oxygen atoms in total. The second-order valence-corrected chi connectivity index (χ2v) is 10.5. The number of amides is 1. The molecule has 0 spiro atoms. The Balaban J connectivity index is 2.28. The van der Waals surface area contributed by atoms with Crippen LogP contribution in [0.25, 0.3) is 0 Å². The number of hydrogen-bond donors (Lipinski definition) is 2. The minimum absolute atomic E-state index is 0.189. The first-order valence-corrected chi connectivity index (χ1v) is 14.4. The molecule has 0 aromatic carbocycles. The smallest absolute Gasteiger partial charge is 0.221 e. The van der Waals surface area contributed by atoms with Gasteiger partial charge in [0.25, 0.3) is 0 Å². The third-order valence-corrected chi connectivity index (χ3v) is 7.02. The number of carbonyl (C=O) groups excluding carboxylic acids is 2. The molecule has 1 unspecified atom stereocenters. The Morgan fingerprint density at radius 2 is 1.35 bits per heavy atom. The SMILES string of the molecule is CCCCC(=O)CCCCCCCCC1CC(=O)NCCCN(C)CCCCN(C)CCCN1. The molecule has 200 valence electrons. The van der Waals surface area contributed by atoms with Gasteiger partial charge in [-0.15, -0.1) is 0 Å². The maximum atomic E-state index is 12.5. The third-order valence-electron chi connectivity index (χ3n) is 7.02. The molecule has 1 amide bonds. The van der Waals surface area contributed by atoms with Gasteiger partial charge in [-0.3, -0.25) is 9.59 Å². The van der Waals surface area contributed by atoms with Crippen molar-refractivity contribution in [1.82, 2.24) is 20.4 Å². The molecular weight excluding hydrogens is 424 g/mol. The molecule has 0 aromatic heterocycles. The second-order valence-electron chi connectivity index (χ2n) is 10.5. The minimum atomic E-state index is 0.189. The zero-order valence-corrected chi connectivity index (χ0v) is 22.8. The van der Waals surface area contributed by atoms with Crippen LogP contribution in [-0.2, 0) is 9.59 Å². The molecule has 0 aromatic rings. The first-order valence-electron chi connectivity index (χ1n) is 14.4. The zero-order chi connectivity index (χ0) is 24.9. The molecule has 6 heteroatoms. The van der Waals surface area contributed by atoms with Gasteiger partial charge in [0.05, 0.1) is 0 Å². The Kier molecular flexibility index (Phi) is 19.5. The number of Topliss-reactive ketones (excluding diaryl/α,β-unsaturated/α-hetero) is 1. The number of nitrogens with zero attached hydrogens (tertiary/aromatic N) is 2. The number of unbranched alkanes of at least 4 members (excludes halogenated alkanes) is 6. The molecular formula is C28H56N4O2. The highest BCUT2D eigenvalue weighted by molar-refractivity contribution is 5.78. The summed E-state index contributed by atoms with van der Waals surface area (Å²) in [5, 5.41) is 6.82. The average molecular weight is 481 g/mol. The van der Waals surface area contributed by atoms with E-state index in [0.29, 0.717) is 12.2 Å². The van der Waals surface area contributed by atoms with E-state index in [-0.39, 0.29) is 11.9 Å². The molecule has 1 heterocycles. The summed E-state index contributed by atoms with van der Waals surface area (Å²) in [6, 6.07) is 0.278. The van der Waals surface area contributed by atoms with Crippen LogP contribution < -0.4 is 10.6 Å². The molecule has 0 radical (unpaired) electrons. The molecule has 0 aliphatic carbocycles. The van der Waals surface area contributed by atoms with Crippen molar-refractivity contribution in [2.75, 3.05) is 53.4 Å². The predicted molar refractivity (Wildman–Crippen MR) is 144 cm³/mol. The summed E-state index contributed by atoms with van der Waals surface area (Å²) in [7, 11) is 4.41. The van der Waals surface area contributed by atoms with Crippen molar-refractivity contribution in [3.05, 3.63) is 0 Å². The van der Waals surface area contributed by atoms with Crippen molar-refractivity contribution >= 4 is 11.7 Å². The number of ketones is 1. The first-order chi connectivity index (χ1) is 16.5. The summed E-state index contributed by atoms with van der Waals surface area (Å²) < 4.78 is 0. The van der Waals surface area contributed by atoms with Gasteiger partial charge in [-0.25, -0.2) is 0 Å². The molecule has 1 atom stereocenters. The van der Waals surface area contributed by atoms with Gasteiger partial charge in [0.1, 0.15) is 5.78 Å². The Morgan fingerprint density at radius 1 is 0.794 bits per heavy atom. The van der Waals surface area contributed by atoms with Crippen LogP contribution >= 0.6 is 0 Å². The summed E-state index contributed by atoms with van der Waals surface area (Å²) >= 11 is 0. The summed E-state index contributed by atoms with van der Waals surface area (Å²) in [6.07, 6.45) is 17.1. The highest BCUT2D eigenvalue weighted by Gasteiger charge is 2.14. The van der Waals surface area contributed by atoms with E-state index in [2.05, 4.69) is 41.5 Å². The fraction of sp³-hybridized carbons (Fsp3) is 0.929. The fourth-order valence-corrected chi connectivity index (χ4v) is 4.71. The van der Waals surface area contributed by atoms with E-state index in [1.807, 2.05) is 0 Å². The lowest BCUT2D eigenvalue weighted by molar-refractivity contribution is -0.121. The van der Waals surface area contributed by atoms with Crippen LogP contribution in [0.15, 0.2) is 0 Å². The largest absolute Gasteiger partial charge is 0.356 e. The molecule has 0 saturated carbocycles. The van der Waals surface area contributed by atoms with E-state index in [1.165, 1.54) is 51.5 Å². The molecule has 34 heavy (non-hydrogen) atoms. The Hall–Kier alpha value is -0.980. The van der Waals surface area contributed by atoms with Crippen LogP contribution in [-0.4, -0.2) is 80.9 Å². The van der Waals surface area contributed by atoms with Crippen molar-refractivity contribution in [2.45, 2.75) is 116 Å². The highest BCUT2D eigenvalue weighted by atomic mass is 16.1. The molecule has 1 fully saturated rings. The zero-order valence-electron chi connectivity index (χ0n) is 22.8. The summed E-state index contributed by atoms with van der Waals surface area (Å²) in [5.41, 5.74) is 0. The van der Waals surface area contributed by atoms with Crippen molar-refractivity contribution in [3.63, 3.8) is 0 Å². The Bertz CT molecular complexity index is 515. The normalized spacial score (nSPS) is 21.1. The van der Waals surface area contributed by atoms with E-state index in [4.69, 9.17) is 0 Å². The molecule has 2 N–H and O–H groups in total. The lowest BCUT2D eigenvalue weighted by atomic mass is 10.0. The van der Waals surface area contributed by atoms with Crippen molar-refractivity contribution in [3.8, 4) is 0 Å². The van der Waals surface area contributed by atoms with E-state index in [9.17, 15) is 9.59 Å². The summed E-state index contributed by atoms with van der Waals surface area (Å²) in [6.45, 7) is 8.37.